The lowest BCUT2D eigenvalue weighted by atomic mass is 9.98. The molecule has 1 aromatic heterocycles. The van der Waals surface area contributed by atoms with Gasteiger partial charge in [-0.1, -0.05) is 15.9 Å². The standard InChI is InChI=1S/C16H18BrNO2S/c1-10-8-21-9-12(10)16(18-2)11-6-14-15(7-13(11)17)20-5-3-4-19-14/h6-9,16,18H,3-5H2,1-2H3. The Balaban J connectivity index is 2.04. The normalized spacial score (nSPS) is 15.6. The second kappa shape index (κ2) is 6.38. The average molecular weight is 368 g/mol. The van der Waals surface area contributed by atoms with Gasteiger partial charge in [0.1, 0.15) is 0 Å². The lowest BCUT2D eigenvalue weighted by Gasteiger charge is -2.20. The third kappa shape index (κ3) is 2.96. The second-order valence-electron chi connectivity index (χ2n) is 5.10. The van der Waals surface area contributed by atoms with Gasteiger partial charge >= 0.3 is 0 Å². The summed E-state index contributed by atoms with van der Waals surface area (Å²) in [5.74, 6) is 1.65. The maximum absolute atomic E-state index is 5.82. The molecule has 3 nitrogen and oxygen atoms in total. The highest BCUT2D eigenvalue weighted by Gasteiger charge is 2.21. The minimum absolute atomic E-state index is 0.141. The maximum atomic E-state index is 5.82. The summed E-state index contributed by atoms with van der Waals surface area (Å²) in [4.78, 5) is 0. The van der Waals surface area contributed by atoms with Crippen LogP contribution in [0.2, 0.25) is 0 Å². The fraction of sp³-hybridized carbons (Fsp3) is 0.375. The summed E-state index contributed by atoms with van der Waals surface area (Å²) >= 11 is 5.41. The number of hydrogen-bond acceptors (Lipinski definition) is 4. The van der Waals surface area contributed by atoms with Gasteiger partial charge in [-0.25, -0.2) is 0 Å². The third-order valence-corrected chi connectivity index (χ3v) is 5.24. The Hall–Kier alpha value is -1.04. The van der Waals surface area contributed by atoms with Crippen LogP contribution in [0.25, 0.3) is 0 Å². The van der Waals surface area contributed by atoms with Gasteiger partial charge in [-0.2, -0.15) is 11.3 Å². The van der Waals surface area contributed by atoms with E-state index in [-0.39, 0.29) is 6.04 Å². The van der Waals surface area contributed by atoms with Crippen molar-refractivity contribution in [3.05, 3.63) is 44.1 Å². The molecule has 5 heteroatoms. The number of hydrogen-bond donors (Lipinski definition) is 1. The summed E-state index contributed by atoms with van der Waals surface area (Å²) in [6.45, 7) is 3.56. The van der Waals surface area contributed by atoms with Crippen molar-refractivity contribution in [2.24, 2.45) is 0 Å². The highest BCUT2D eigenvalue weighted by Crippen LogP contribution is 2.40. The van der Waals surface area contributed by atoms with Crippen molar-refractivity contribution in [3.63, 3.8) is 0 Å². The number of benzene rings is 1. The minimum Gasteiger partial charge on any atom is -0.490 e. The molecule has 2 heterocycles. The first kappa shape index (κ1) is 14.9. The van der Waals surface area contributed by atoms with E-state index in [1.807, 2.05) is 13.1 Å². The fourth-order valence-electron chi connectivity index (χ4n) is 2.57. The second-order valence-corrected chi connectivity index (χ2v) is 6.70. The maximum Gasteiger partial charge on any atom is 0.162 e. The summed E-state index contributed by atoms with van der Waals surface area (Å²) in [5, 5.41) is 7.78. The number of fused-ring (bicyclic) bond motifs is 1. The Morgan fingerprint density at radius 3 is 2.48 bits per heavy atom. The van der Waals surface area contributed by atoms with Gasteiger partial charge in [0, 0.05) is 10.9 Å². The largest absolute Gasteiger partial charge is 0.490 e. The van der Waals surface area contributed by atoms with Crippen LogP contribution in [0.4, 0.5) is 0 Å². The molecule has 1 aromatic carbocycles. The molecule has 0 bridgehead atoms. The predicted molar refractivity (Wildman–Crippen MR) is 89.7 cm³/mol. The average Bonchev–Trinajstić information content (AvgIpc) is 2.76. The molecule has 0 saturated carbocycles. The van der Waals surface area contributed by atoms with E-state index in [2.05, 4.69) is 45.0 Å². The van der Waals surface area contributed by atoms with Crippen LogP contribution >= 0.6 is 27.3 Å². The number of rotatable bonds is 3. The van der Waals surface area contributed by atoms with Gasteiger partial charge < -0.3 is 14.8 Å². The Kier molecular flexibility index (Phi) is 4.52. The van der Waals surface area contributed by atoms with E-state index >= 15 is 0 Å². The molecule has 1 unspecified atom stereocenters. The molecule has 1 N–H and O–H groups in total. The van der Waals surface area contributed by atoms with Crippen LogP contribution in [0.5, 0.6) is 11.5 Å². The number of halogens is 1. The smallest absolute Gasteiger partial charge is 0.162 e. The van der Waals surface area contributed by atoms with Crippen LogP contribution in [0, 0.1) is 6.92 Å². The summed E-state index contributed by atoms with van der Waals surface area (Å²) in [5.41, 5.74) is 3.78. The molecule has 112 valence electrons. The zero-order chi connectivity index (χ0) is 14.8. The Bertz CT molecular complexity index is 641. The molecule has 0 radical (unpaired) electrons. The molecule has 0 saturated heterocycles. The number of nitrogens with one attached hydrogen (secondary N) is 1. The fourth-order valence-corrected chi connectivity index (χ4v) is 3.99. The minimum atomic E-state index is 0.141. The molecule has 0 spiro atoms. The van der Waals surface area contributed by atoms with Crippen LogP contribution in [-0.4, -0.2) is 20.3 Å². The van der Waals surface area contributed by atoms with Crippen LogP contribution in [0.1, 0.15) is 29.2 Å². The third-order valence-electron chi connectivity index (χ3n) is 3.67. The van der Waals surface area contributed by atoms with Gasteiger partial charge in [-0.3, -0.25) is 0 Å². The van der Waals surface area contributed by atoms with Crippen LogP contribution in [0.15, 0.2) is 27.4 Å². The molecule has 0 fully saturated rings. The molecule has 0 aliphatic carbocycles. The van der Waals surface area contributed by atoms with E-state index in [4.69, 9.17) is 9.47 Å². The predicted octanol–water partition coefficient (Wildman–Crippen LogP) is 4.29. The van der Waals surface area contributed by atoms with Gasteiger partial charge in [0.15, 0.2) is 11.5 Å². The summed E-state index contributed by atoms with van der Waals surface area (Å²) in [6, 6.07) is 4.24. The van der Waals surface area contributed by atoms with E-state index in [1.165, 1.54) is 16.7 Å². The van der Waals surface area contributed by atoms with Crippen LogP contribution in [-0.2, 0) is 0 Å². The first-order valence-electron chi connectivity index (χ1n) is 6.99. The molecular weight excluding hydrogens is 350 g/mol. The first-order valence-corrected chi connectivity index (χ1v) is 8.73. The van der Waals surface area contributed by atoms with Gasteiger partial charge in [-0.15, -0.1) is 0 Å². The topological polar surface area (TPSA) is 30.5 Å². The molecule has 1 aliphatic rings. The zero-order valence-electron chi connectivity index (χ0n) is 12.1. The lowest BCUT2D eigenvalue weighted by Crippen LogP contribution is -2.18. The van der Waals surface area contributed by atoms with Crippen molar-refractivity contribution < 1.29 is 9.47 Å². The van der Waals surface area contributed by atoms with Gasteiger partial charge in [0.05, 0.1) is 19.3 Å². The molecule has 3 rings (SSSR count). The van der Waals surface area contributed by atoms with Gasteiger partial charge in [0.25, 0.3) is 0 Å². The van der Waals surface area contributed by atoms with E-state index in [1.54, 1.807) is 11.3 Å². The summed E-state index contributed by atoms with van der Waals surface area (Å²) in [7, 11) is 1.98. The number of aryl methyl sites for hydroxylation is 1. The monoisotopic (exact) mass is 367 g/mol. The van der Waals surface area contributed by atoms with Crippen LogP contribution < -0.4 is 14.8 Å². The Morgan fingerprint density at radius 1 is 1.14 bits per heavy atom. The van der Waals surface area contributed by atoms with Crippen molar-refractivity contribution in [2.75, 3.05) is 20.3 Å². The molecule has 21 heavy (non-hydrogen) atoms. The van der Waals surface area contributed by atoms with E-state index in [0.29, 0.717) is 13.2 Å². The molecule has 1 aliphatic heterocycles. The molecule has 0 amide bonds. The Morgan fingerprint density at radius 2 is 1.86 bits per heavy atom. The molecule has 1 atom stereocenters. The Labute approximate surface area is 137 Å². The van der Waals surface area contributed by atoms with Crippen molar-refractivity contribution in [3.8, 4) is 11.5 Å². The molecular formula is C16H18BrNO2S. The summed E-state index contributed by atoms with van der Waals surface area (Å²) in [6.07, 6.45) is 0.917. The van der Waals surface area contributed by atoms with Crippen LogP contribution in [0.3, 0.4) is 0 Å². The number of ether oxygens (including phenoxy) is 2. The van der Waals surface area contributed by atoms with Crippen molar-refractivity contribution in [2.45, 2.75) is 19.4 Å². The first-order chi connectivity index (χ1) is 10.2. The quantitative estimate of drug-likeness (QED) is 0.877. The van der Waals surface area contributed by atoms with Gasteiger partial charge in [0.2, 0.25) is 0 Å². The van der Waals surface area contributed by atoms with Gasteiger partial charge in [-0.05, 0) is 53.6 Å². The van der Waals surface area contributed by atoms with E-state index < -0.39 is 0 Å². The summed E-state index contributed by atoms with van der Waals surface area (Å²) < 4.78 is 12.6. The SMILES string of the molecule is CNC(c1cscc1C)c1cc2c(cc1Br)OCCCO2. The van der Waals surface area contributed by atoms with Crippen molar-refractivity contribution in [1.82, 2.24) is 5.32 Å². The van der Waals surface area contributed by atoms with E-state index in [0.717, 1.165) is 22.4 Å². The lowest BCUT2D eigenvalue weighted by molar-refractivity contribution is 0.297. The zero-order valence-corrected chi connectivity index (χ0v) is 14.5. The highest BCUT2D eigenvalue weighted by atomic mass is 79.9. The highest BCUT2D eigenvalue weighted by molar-refractivity contribution is 9.10. The number of thiophene rings is 1. The van der Waals surface area contributed by atoms with E-state index in [9.17, 15) is 0 Å². The molecule has 2 aromatic rings. The van der Waals surface area contributed by atoms with Crippen molar-refractivity contribution in [1.29, 1.82) is 0 Å². The van der Waals surface area contributed by atoms with Crippen molar-refractivity contribution >= 4 is 27.3 Å².